The molecule has 4 heteroatoms. The summed E-state index contributed by atoms with van der Waals surface area (Å²) in [5, 5.41) is 3.22. The molecule has 0 aromatic heterocycles. The van der Waals surface area contributed by atoms with Gasteiger partial charge in [-0.25, -0.2) is 0 Å². The van der Waals surface area contributed by atoms with Crippen LogP contribution in [0.3, 0.4) is 0 Å². The van der Waals surface area contributed by atoms with Crippen LogP contribution in [0.15, 0.2) is 16.1 Å². The van der Waals surface area contributed by atoms with Gasteiger partial charge in [0.25, 0.3) is 0 Å². The second-order valence-electron chi connectivity index (χ2n) is 4.21. The van der Waals surface area contributed by atoms with Gasteiger partial charge in [0.2, 0.25) is 0 Å². The molecule has 0 aromatic rings. The van der Waals surface area contributed by atoms with Crippen LogP contribution in [0.25, 0.3) is 0 Å². The van der Waals surface area contributed by atoms with Crippen molar-refractivity contribution in [3.63, 3.8) is 0 Å². The fraction of sp³-hybridized carbons (Fsp3) is 0.667. The first-order chi connectivity index (χ1) is 6.12. The van der Waals surface area contributed by atoms with Gasteiger partial charge in [-0.15, -0.1) is 11.6 Å². The molecule has 0 unspecified atom stereocenters. The second kappa shape index (κ2) is 3.21. The fourth-order valence-corrected chi connectivity index (χ4v) is 2.74. The number of thioether (sulfide) groups is 1. The van der Waals surface area contributed by atoms with Crippen molar-refractivity contribution in [2.75, 3.05) is 19.0 Å². The minimum atomic E-state index is 0.277. The first-order valence-corrected chi connectivity index (χ1v) is 5.77. The number of halogens is 1. The summed E-state index contributed by atoms with van der Waals surface area (Å²) < 4.78 is 0. The zero-order chi connectivity index (χ0) is 9.47. The van der Waals surface area contributed by atoms with E-state index in [2.05, 4.69) is 29.1 Å². The minimum Gasteiger partial charge on any atom is -0.322 e. The van der Waals surface area contributed by atoms with Crippen molar-refractivity contribution < 1.29 is 0 Å². The SMILES string of the molecule is CC1(C)CN=C2SC=C(CCl)N2C1. The number of rotatable bonds is 1. The van der Waals surface area contributed by atoms with Crippen molar-refractivity contribution in [3.8, 4) is 0 Å². The zero-order valence-corrected chi connectivity index (χ0v) is 9.45. The van der Waals surface area contributed by atoms with Gasteiger partial charge in [-0.05, 0) is 5.41 Å². The largest absolute Gasteiger partial charge is 0.322 e. The van der Waals surface area contributed by atoms with Crippen LogP contribution in [0, 0.1) is 5.41 Å². The van der Waals surface area contributed by atoms with Crippen LogP contribution in [0.1, 0.15) is 13.8 Å². The van der Waals surface area contributed by atoms with E-state index in [1.807, 2.05) is 0 Å². The number of hydrogen-bond donors (Lipinski definition) is 0. The molecular formula is C9H13ClN2S. The molecule has 0 aliphatic carbocycles. The van der Waals surface area contributed by atoms with Crippen LogP contribution in [-0.4, -0.2) is 29.0 Å². The number of hydrogen-bond acceptors (Lipinski definition) is 3. The summed E-state index contributed by atoms with van der Waals surface area (Å²) in [6, 6.07) is 0. The van der Waals surface area contributed by atoms with Gasteiger partial charge in [-0.2, -0.15) is 0 Å². The maximum atomic E-state index is 5.84. The molecule has 0 aromatic carbocycles. The van der Waals surface area contributed by atoms with Gasteiger partial charge in [0.05, 0.1) is 5.88 Å². The smallest absolute Gasteiger partial charge is 0.167 e. The summed E-state index contributed by atoms with van der Waals surface area (Å²) >= 11 is 7.53. The normalized spacial score (nSPS) is 25.3. The van der Waals surface area contributed by atoms with Crippen LogP contribution in [0.4, 0.5) is 0 Å². The van der Waals surface area contributed by atoms with E-state index in [1.54, 1.807) is 11.8 Å². The van der Waals surface area contributed by atoms with Gasteiger partial charge >= 0.3 is 0 Å². The fourth-order valence-electron chi connectivity index (χ4n) is 1.53. The lowest BCUT2D eigenvalue weighted by Gasteiger charge is -2.35. The summed E-state index contributed by atoms with van der Waals surface area (Å²) in [6.07, 6.45) is 0. The molecule has 0 atom stereocenters. The number of allylic oxidation sites excluding steroid dienone is 1. The van der Waals surface area contributed by atoms with Crippen LogP contribution >= 0.6 is 23.4 Å². The lowest BCUT2D eigenvalue weighted by molar-refractivity contribution is 0.277. The Kier molecular flexibility index (Phi) is 2.32. The van der Waals surface area contributed by atoms with Gasteiger partial charge < -0.3 is 4.90 Å². The highest BCUT2D eigenvalue weighted by molar-refractivity contribution is 8.16. The Morgan fingerprint density at radius 3 is 3.15 bits per heavy atom. The first-order valence-electron chi connectivity index (χ1n) is 4.36. The number of alkyl halides is 1. The number of nitrogens with zero attached hydrogens (tertiary/aromatic N) is 2. The number of fused-ring (bicyclic) bond motifs is 1. The molecule has 0 N–H and O–H groups in total. The molecule has 2 aliphatic heterocycles. The molecule has 0 fully saturated rings. The first kappa shape index (κ1) is 9.41. The van der Waals surface area contributed by atoms with E-state index in [1.165, 1.54) is 5.70 Å². The molecule has 0 radical (unpaired) electrons. The van der Waals surface area contributed by atoms with Crippen LogP contribution < -0.4 is 0 Å². The van der Waals surface area contributed by atoms with E-state index in [-0.39, 0.29) is 5.41 Å². The molecule has 13 heavy (non-hydrogen) atoms. The van der Waals surface area contributed by atoms with Crippen molar-refractivity contribution in [1.82, 2.24) is 4.90 Å². The lowest BCUT2D eigenvalue weighted by Crippen LogP contribution is -2.41. The summed E-state index contributed by atoms with van der Waals surface area (Å²) in [5.74, 6) is 0.585. The summed E-state index contributed by atoms with van der Waals surface area (Å²) in [6.45, 7) is 6.44. The Bertz CT molecular complexity index is 283. The van der Waals surface area contributed by atoms with E-state index in [4.69, 9.17) is 11.6 Å². The topological polar surface area (TPSA) is 15.6 Å². The van der Waals surface area contributed by atoms with Crippen molar-refractivity contribution in [1.29, 1.82) is 0 Å². The lowest BCUT2D eigenvalue weighted by atomic mass is 9.92. The van der Waals surface area contributed by atoms with E-state index in [9.17, 15) is 0 Å². The maximum Gasteiger partial charge on any atom is 0.167 e. The van der Waals surface area contributed by atoms with Gasteiger partial charge in [0.1, 0.15) is 0 Å². The highest BCUT2D eigenvalue weighted by Crippen LogP contribution is 2.34. The molecule has 2 nitrogen and oxygen atoms in total. The highest BCUT2D eigenvalue weighted by Gasteiger charge is 2.32. The third kappa shape index (κ3) is 1.72. The quantitative estimate of drug-likeness (QED) is 0.626. The zero-order valence-electron chi connectivity index (χ0n) is 7.88. The Morgan fingerprint density at radius 2 is 2.46 bits per heavy atom. The van der Waals surface area contributed by atoms with E-state index in [0.29, 0.717) is 5.88 Å². The minimum absolute atomic E-state index is 0.277. The predicted octanol–water partition coefficient (Wildman–Crippen LogP) is 2.51. The van der Waals surface area contributed by atoms with Gasteiger partial charge in [0.15, 0.2) is 5.17 Å². The number of amidine groups is 1. The van der Waals surface area contributed by atoms with Gasteiger partial charge in [-0.1, -0.05) is 25.6 Å². The summed E-state index contributed by atoms with van der Waals surface area (Å²) in [7, 11) is 0. The third-order valence-electron chi connectivity index (χ3n) is 2.24. The molecule has 0 saturated carbocycles. The Balaban J connectivity index is 2.22. The Hall–Kier alpha value is -0.150. The standard InChI is InChI=1S/C9H13ClN2S/c1-9(2)5-11-8-12(6-9)7(3-10)4-13-8/h4H,3,5-6H2,1-2H3. The van der Waals surface area contributed by atoms with Crippen molar-refractivity contribution in [2.45, 2.75) is 13.8 Å². The van der Waals surface area contributed by atoms with Crippen molar-refractivity contribution >= 4 is 28.5 Å². The average Bonchev–Trinajstić information content (AvgIpc) is 2.44. The van der Waals surface area contributed by atoms with Gasteiger partial charge in [-0.3, -0.25) is 4.99 Å². The summed E-state index contributed by atoms with van der Waals surface area (Å²) in [4.78, 5) is 6.77. The van der Waals surface area contributed by atoms with E-state index >= 15 is 0 Å². The van der Waals surface area contributed by atoms with Crippen LogP contribution in [0.2, 0.25) is 0 Å². The van der Waals surface area contributed by atoms with Gasteiger partial charge in [0, 0.05) is 24.2 Å². The molecular weight excluding hydrogens is 204 g/mol. The average molecular weight is 217 g/mol. The van der Waals surface area contributed by atoms with E-state index < -0.39 is 0 Å². The van der Waals surface area contributed by atoms with Crippen molar-refractivity contribution in [2.24, 2.45) is 10.4 Å². The van der Waals surface area contributed by atoms with Crippen LogP contribution in [0.5, 0.6) is 0 Å². The van der Waals surface area contributed by atoms with E-state index in [0.717, 1.165) is 18.3 Å². The molecule has 0 amide bonds. The van der Waals surface area contributed by atoms with Crippen molar-refractivity contribution in [3.05, 3.63) is 11.1 Å². The molecule has 2 heterocycles. The third-order valence-corrected chi connectivity index (χ3v) is 3.47. The molecule has 2 rings (SSSR count). The molecule has 0 saturated heterocycles. The molecule has 2 aliphatic rings. The summed E-state index contributed by atoms with van der Waals surface area (Å²) in [5.41, 5.74) is 1.47. The Labute approximate surface area is 88.0 Å². The van der Waals surface area contributed by atoms with Crippen LogP contribution in [-0.2, 0) is 0 Å². The second-order valence-corrected chi connectivity index (χ2v) is 5.31. The molecule has 72 valence electrons. The Morgan fingerprint density at radius 1 is 1.69 bits per heavy atom. The highest BCUT2D eigenvalue weighted by atomic mass is 35.5. The number of aliphatic imine (C=N–C) groups is 1. The monoisotopic (exact) mass is 216 g/mol. The molecule has 0 spiro atoms. The molecule has 0 bridgehead atoms. The predicted molar refractivity (Wildman–Crippen MR) is 59.2 cm³/mol. The maximum absolute atomic E-state index is 5.84.